The van der Waals surface area contributed by atoms with E-state index in [-0.39, 0.29) is 18.9 Å². The molecule has 0 amide bonds. The van der Waals surface area contributed by atoms with Crippen LogP contribution in [0.1, 0.15) is 39.5 Å². The van der Waals surface area contributed by atoms with E-state index in [1.807, 2.05) is 13.8 Å². The minimum Gasteiger partial charge on any atom is -0.379 e. The van der Waals surface area contributed by atoms with Crippen molar-refractivity contribution in [3.63, 3.8) is 0 Å². The van der Waals surface area contributed by atoms with Gasteiger partial charge in [0.05, 0.1) is 6.10 Å². The molecule has 0 unspecified atom stereocenters. The lowest BCUT2D eigenvalue weighted by Gasteiger charge is -2.28. The molecule has 0 aromatic rings. The highest BCUT2D eigenvalue weighted by Crippen LogP contribution is 2.36. The minimum atomic E-state index is -2.41. The SMILES string of the molecule is CC(C)OCC1CCC(F)(F)CC1. The Morgan fingerprint density at radius 3 is 2.31 bits per heavy atom. The van der Waals surface area contributed by atoms with E-state index in [1.54, 1.807) is 0 Å². The second-order valence-electron chi connectivity index (χ2n) is 4.18. The molecule has 3 heteroatoms. The van der Waals surface area contributed by atoms with E-state index in [0.717, 1.165) is 0 Å². The van der Waals surface area contributed by atoms with Crippen LogP contribution in [-0.4, -0.2) is 18.6 Å². The molecule has 0 atom stereocenters. The van der Waals surface area contributed by atoms with Gasteiger partial charge in [0, 0.05) is 19.4 Å². The van der Waals surface area contributed by atoms with Gasteiger partial charge in [-0.2, -0.15) is 0 Å². The van der Waals surface area contributed by atoms with Gasteiger partial charge in [0.2, 0.25) is 5.92 Å². The zero-order chi connectivity index (χ0) is 9.90. The van der Waals surface area contributed by atoms with E-state index in [1.165, 1.54) is 0 Å². The average Bonchev–Trinajstić information content (AvgIpc) is 2.02. The Hall–Kier alpha value is -0.180. The Morgan fingerprint density at radius 2 is 1.85 bits per heavy atom. The molecule has 1 aliphatic carbocycles. The summed E-state index contributed by atoms with van der Waals surface area (Å²) >= 11 is 0. The summed E-state index contributed by atoms with van der Waals surface area (Å²) in [6, 6.07) is 0. The smallest absolute Gasteiger partial charge is 0.248 e. The van der Waals surface area contributed by atoms with E-state index in [2.05, 4.69) is 0 Å². The average molecular weight is 192 g/mol. The van der Waals surface area contributed by atoms with E-state index in [0.29, 0.717) is 25.4 Å². The number of rotatable bonds is 3. The number of hydrogen-bond donors (Lipinski definition) is 0. The second-order valence-corrected chi connectivity index (χ2v) is 4.18. The van der Waals surface area contributed by atoms with Crippen molar-refractivity contribution in [2.75, 3.05) is 6.61 Å². The molecule has 13 heavy (non-hydrogen) atoms. The summed E-state index contributed by atoms with van der Waals surface area (Å²) in [6.45, 7) is 4.59. The normalized spacial score (nSPS) is 23.8. The highest BCUT2D eigenvalue weighted by atomic mass is 19.3. The first-order chi connectivity index (χ1) is 5.99. The summed E-state index contributed by atoms with van der Waals surface area (Å²) in [5, 5.41) is 0. The van der Waals surface area contributed by atoms with E-state index >= 15 is 0 Å². The lowest BCUT2D eigenvalue weighted by Crippen LogP contribution is -2.27. The van der Waals surface area contributed by atoms with Crippen molar-refractivity contribution in [2.45, 2.75) is 51.6 Å². The highest BCUT2D eigenvalue weighted by Gasteiger charge is 2.34. The summed E-state index contributed by atoms with van der Waals surface area (Å²) in [5.41, 5.74) is 0. The molecule has 0 heterocycles. The fraction of sp³-hybridized carbons (Fsp3) is 1.00. The van der Waals surface area contributed by atoms with Gasteiger partial charge in [0.25, 0.3) is 0 Å². The molecule has 0 saturated heterocycles. The number of ether oxygens (including phenoxy) is 1. The van der Waals surface area contributed by atoms with Crippen molar-refractivity contribution < 1.29 is 13.5 Å². The van der Waals surface area contributed by atoms with Crippen molar-refractivity contribution >= 4 is 0 Å². The molecule has 1 fully saturated rings. The van der Waals surface area contributed by atoms with Crippen LogP contribution in [0.3, 0.4) is 0 Å². The van der Waals surface area contributed by atoms with Crippen LogP contribution in [-0.2, 0) is 4.74 Å². The van der Waals surface area contributed by atoms with Gasteiger partial charge in [0.1, 0.15) is 0 Å². The van der Waals surface area contributed by atoms with Gasteiger partial charge in [-0.05, 0) is 32.6 Å². The highest BCUT2D eigenvalue weighted by molar-refractivity contribution is 4.77. The Balaban J connectivity index is 2.18. The Kier molecular flexibility index (Phi) is 3.65. The van der Waals surface area contributed by atoms with Gasteiger partial charge in [0.15, 0.2) is 0 Å². The van der Waals surface area contributed by atoms with Gasteiger partial charge < -0.3 is 4.74 Å². The molecule has 78 valence electrons. The predicted molar refractivity (Wildman–Crippen MR) is 48.0 cm³/mol. The fourth-order valence-corrected chi connectivity index (χ4v) is 1.60. The Morgan fingerprint density at radius 1 is 1.31 bits per heavy atom. The molecular weight excluding hydrogens is 174 g/mol. The summed E-state index contributed by atoms with van der Waals surface area (Å²) in [5.74, 6) is -2.06. The maximum Gasteiger partial charge on any atom is 0.248 e. The molecular formula is C10H18F2O. The lowest BCUT2D eigenvalue weighted by molar-refractivity contribution is -0.0599. The summed E-state index contributed by atoms with van der Waals surface area (Å²) in [6.07, 6.45) is 1.51. The van der Waals surface area contributed by atoms with Crippen molar-refractivity contribution in [3.05, 3.63) is 0 Å². The molecule has 0 spiro atoms. The quantitative estimate of drug-likeness (QED) is 0.667. The molecule has 0 bridgehead atoms. The topological polar surface area (TPSA) is 9.23 Å². The standard InChI is InChI=1S/C10H18F2O/c1-8(2)13-7-9-3-5-10(11,12)6-4-9/h8-9H,3-7H2,1-2H3. The van der Waals surface area contributed by atoms with Crippen LogP contribution in [0, 0.1) is 5.92 Å². The minimum absolute atomic E-state index is 0.0408. The van der Waals surface area contributed by atoms with Gasteiger partial charge in [-0.1, -0.05) is 0 Å². The van der Waals surface area contributed by atoms with Gasteiger partial charge in [-0.25, -0.2) is 8.78 Å². The van der Waals surface area contributed by atoms with Crippen molar-refractivity contribution in [2.24, 2.45) is 5.92 Å². The van der Waals surface area contributed by atoms with Gasteiger partial charge in [-0.15, -0.1) is 0 Å². The third-order valence-electron chi connectivity index (χ3n) is 2.50. The van der Waals surface area contributed by atoms with Gasteiger partial charge in [-0.3, -0.25) is 0 Å². The van der Waals surface area contributed by atoms with Crippen LogP contribution in [0.5, 0.6) is 0 Å². The fourth-order valence-electron chi connectivity index (χ4n) is 1.60. The summed E-state index contributed by atoms with van der Waals surface area (Å²) < 4.78 is 30.9. The molecule has 0 aromatic heterocycles. The Bertz CT molecular complexity index is 144. The first kappa shape index (κ1) is 10.9. The number of alkyl halides is 2. The number of hydrogen-bond acceptors (Lipinski definition) is 1. The van der Waals surface area contributed by atoms with Crippen molar-refractivity contribution in [3.8, 4) is 0 Å². The zero-order valence-electron chi connectivity index (χ0n) is 8.35. The molecule has 0 aromatic carbocycles. The van der Waals surface area contributed by atoms with Crippen LogP contribution < -0.4 is 0 Å². The molecule has 1 aliphatic rings. The van der Waals surface area contributed by atoms with Crippen LogP contribution in [0.4, 0.5) is 8.78 Å². The van der Waals surface area contributed by atoms with Crippen LogP contribution in [0.25, 0.3) is 0 Å². The van der Waals surface area contributed by atoms with E-state index < -0.39 is 5.92 Å². The molecule has 1 saturated carbocycles. The summed E-state index contributed by atoms with van der Waals surface area (Å²) in [4.78, 5) is 0. The van der Waals surface area contributed by atoms with Gasteiger partial charge >= 0.3 is 0 Å². The van der Waals surface area contributed by atoms with Crippen LogP contribution in [0.2, 0.25) is 0 Å². The summed E-state index contributed by atoms with van der Waals surface area (Å²) in [7, 11) is 0. The van der Waals surface area contributed by atoms with Crippen LogP contribution >= 0.6 is 0 Å². The van der Waals surface area contributed by atoms with E-state index in [4.69, 9.17) is 4.74 Å². The first-order valence-electron chi connectivity index (χ1n) is 4.99. The third-order valence-corrected chi connectivity index (χ3v) is 2.50. The second kappa shape index (κ2) is 4.36. The number of halogens is 2. The largest absolute Gasteiger partial charge is 0.379 e. The van der Waals surface area contributed by atoms with Crippen molar-refractivity contribution in [1.29, 1.82) is 0 Å². The molecule has 1 rings (SSSR count). The van der Waals surface area contributed by atoms with Crippen molar-refractivity contribution in [1.82, 2.24) is 0 Å². The third kappa shape index (κ3) is 4.03. The maximum atomic E-state index is 12.7. The monoisotopic (exact) mass is 192 g/mol. The lowest BCUT2D eigenvalue weighted by atomic mass is 9.87. The molecule has 0 radical (unpaired) electrons. The van der Waals surface area contributed by atoms with Crippen LogP contribution in [0.15, 0.2) is 0 Å². The molecule has 0 aliphatic heterocycles. The predicted octanol–water partition coefficient (Wildman–Crippen LogP) is 3.24. The molecule has 1 nitrogen and oxygen atoms in total. The van der Waals surface area contributed by atoms with E-state index in [9.17, 15) is 8.78 Å². The molecule has 0 N–H and O–H groups in total. The zero-order valence-corrected chi connectivity index (χ0v) is 8.35. The maximum absolute atomic E-state index is 12.7. The first-order valence-corrected chi connectivity index (χ1v) is 4.99. The Labute approximate surface area is 78.5 Å².